The fourth-order valence-corrected chi connectivity index (χ4v) is 2.26. The van der Waals surface area contributed by atoms with E-state index in [0.717, 1.165) is 12.1 Å². The molecule has 0 N–H and O–H groups in total. The SMILES string of the molecule is O=C(OCCc1ccc(OS(=O)(=O)C(F)(F)F)cc1)c1ccccc1. The minimum Gasteiger partial charge on any atom is -0.462 e. The second-order valence-electron chi connectivity index (χ2n) is 4.88. The van der Waals surface area contributed by atoms with Crippen molar-refractivity contribution >= 4 is 16.1 Å². The van der Waals surface area contributed by atoms with Crippen molar-refractivity contribution in [2.24, 2.45) is 0 Å². The Morgan fingerprint density at radius 1 is 0.960 bits per heavy atom. The number of alkyl halides is 3. The molecule has 0 aliphatic heterocycles. The number of benzene rings is 2. The van der Waals surface area contributed by atoms with Crippen molar-refractivity contribution < 1.29 is 35.3 Å². The van der Waals surface area contributed by atoms with E-state index in [2.05, 4.69) is 4.18 Å². The van der Waals surface area contributed by atoms with Crippen molar-refractivity contribution in [3.8, 4) is 5.75 Å². The predicted molar refractivity (Wildman–Crippen MR) is 82.5 cm³/mol. The van der Waals surface area contributed by atoms with Gasteiger partial charge >= 0.3 is 21.6 Å². The zero-order valence-electron chi connectivity index (χ0n) is 12.7. The second kappa shape index (κ2) is 7.56. The number of hydrogen-bond acceptors (Lipinski definition) is 5. The van der Waals surface area contributed by atoms with Crippen LogP contribution in [0.1, 0.15) is 15.9 Å². The standard InChI is InChI=1S/C16H13F3O5S/c17-16(18,19)25(21,22)24-14-8-6-12(7-9-14)10-11-23-15(20)13-4-2-1-3-5-13/h1-9H,10-11H2. The smallest absolute Gasteiger partial charge is 0.462 e. The molecule has 9 heteroatoms. The summed E-state index contributed by atoms with van der Waals surface area (Å²) < 4.78 is 67.5. The molecule has 0 radical (unpaired) electrons. The van der Waals surface area contributed by atoms with Gasteiger partial charge in [0.25, 0.3) is 0 Å². The second-order valence-corrected chi connectivity index (χ2v) is 6.42. The predicted octanol–water partition coefficient (Wildman–Crippen LogP) is 3.31. The van der Waals surface area contributed by atoms with Crippen LogP contribution in [-0.2, 0) is 21.3 Å². The molecule has 0 amide bonds. The summed E-state index contributed by atoms with van der Waals surface area (Å²) >= 11 is 0. The fraction of sp³-hybridized carbons (Fsp3) is 0.188. The van der Waals surface area contributed by atoms with Gasteiger partial charge in [0.05, 0.1) is 12.2 Å². The van der Waals surface area contributed by atoms with E-state index in [1.807, 2.05) is 0 Å². The highest BCUT2D eigenvalue weighted by atomic mass is 32.2. The third-order valence-corrected chi connectivity index (χ3v) is 4.02. The Kier molecular flexibility index (Phi) is 5.68. The van der Waals surface area contributed by atoms with Crippen LogP contribution in [0, 0.1) is 0 Å². The summed E-state index contributed by atoms with van der Waals surface area (Å²) in [6.07, 6.45) is 0.310. The Morgan fingerprint density at radius 2 is 1.56 bits per heavy atom. The highest BCUT2D eigenvalue weighted by Gasteiger charge is 2.48. The van der Waals surface area contributed by atoms with Gasteiger partial charge in [0.2, 0.25) is 0 Å². The molecule has 2 aromatic rings. The zero-order valence-corrected chi connectivity index (χ0v) is 13.5. The van der Waals surface area contributed by atoms with E-state index in [9.17, 15) is 26.4 Å². The Morgan fingerprint density at radius 3 is 2.12 bits per heavy atom. The first-order valence-corrected chi connectivity index (χ1v) is 8.42. The molecule has 25 heavy (non-hydrogen) atoms. The van der Waals surface area contributed by atoms with Crippen LogP contribution >= 0.6 is 0 Å². The number of halogens is 3. The van der Waals surface area contributed by atoms with Gasteiger partial charge in [-0.3, -0.25) is 0 Å². The van der Waals surface area contributed by atoms with E-state index in [1.54, 1.807) is 30.3 Å². The number of carbonyl (C=O) groups is 1. The lowest BCUT2D eigenvalue weighted by atomic mass is 10.1. The van der Waals surface area contributed by atoms with E-state index in [4.69, 9.17) is 4.74 Å². The topological polar surface area (TPSA) is 69.7 Å². The van der Waals surface area contributed by atoms with Crippen LogP contribution in [0.25, 0.3) is 0 Å². The summed E-state index contributed by atoms with van der Waals surface area (Å²) in [5.74, 6) is -0.945. The fourth-order valence-electron chi connectivity index (χ4n) is 1.80. The number of esters is 1. The van der Waals surface area contributed by atoms with Gasteiger partial charge in [-0.25, -0.2) is 4.79 Å². The number of ether oxygens (including phenoxy) is 1. The van der Waals surface area contributed by atoms with Gasteiger partial charge in [0.15, 0.2) is 0 Å². The number of carbonyl (C=O) groups excluding carboxylic acids is 1. The van der Waals surface area contributed by atoms with Gasteiger partial charge < -0.3 is 8.92 Å². The molecule has 0 atom stereocenters. The Hall–Kier alpha value is -2.55. The molecule has 0 fully saturated rings. The van der Waals surface area contributed by atoms with Gasteiger partial charge in [-0.1, -0.05) is 30.3 Å². The molecule has 0 aromatic heterocycles. The maximum absolute atomic E-state index is 12.2. The maximum Gasteiger partial charge on any atom is 0.534 e. The van der Waals surface area contributed by atoms with Gasteiger partial charge in [-0.15, -0.1) is 0 Å². The zero-order chi connectivity index (χ0) is 18.5. The molecule has 0 aliphatic rings. The summed E-state index contributed by atoms with van der Waals surface area (Å²) in [5, 5.41) is 0. The number of hydrogen-bond donors (Lipinski definition) is 0. The van der Waals surface area contributed by atoms with Gasteiger partial charge in [-0.2, -0.15) is 21.6 Å². The van der Waals surface area contributed by atoms with Crippen LogP contribution in [0.4, 0.5) is 13.2 Å². The Balaban J connectivity index is 1.88. The molecule has 5 nitrogen and oxygen atoms in total. The summed E-state index contributed by atoms with van der Waals surface area (Å²) in [6.45, 7) is 0.0643. The quantitative estimate of drug-likeness (QED) is 0.441. The lowest BCUT2D eigenvalue weighted by Crippen LogP contribution is -2.28. The van der Waals surface area contributed by atoms with E-state index >= 15 is 0 Å². The minimum absolute atomic E-state index is 0.0643. The highest BCUT2D eigenvalue weighted by molar-refractivity contribution is 7.88. The van der Waals surface area contributed by atoms with Crippen LogP contribution < -0.4 is 4.18 Å². The maximum atomic E-state index is 12.2. The normalized spacial score (nSPS) is 11.8. The first kappa shape index (κ1) is 18.8. The summed E-state index contributed by atoms with van der Waals surface area (Å²) in [4.78, 5) is 11.7. The van der Waals surface area contributed by atoms with Gasteiger partial charge in [0.1, 0.15) is 5.75 Å². The Bertz CT molecular complexity index is 815. The van der Waals surface area contributed by atoms with E-state index < -0.39 is 27.3 Å². The van der Waals surface area contributed by atoms with Crippen LogP contribution in [-0.4, -0.2) is 26.5 Å². The highest BCUT2D eigenvalue weighted by Crippen LogP contribution is 2.27. The minimum atomic E-state index is -5.69. The molecule has 0 heterocycles. The molecule has 0 aliphatic carbocycles. The average Bonchev–Trinajstić information content (AvgIpc) is 2.56. The lowest BCUT2D eigenvalue weighted by Gasteiger charge is -2.10. The van der Waals surface area contributed by atoms with E-state index in [-0.39, 0.29) is 6.61 Å². The largest absolute Gasteiger partial charge is 0.534 e. The van der Waals surface area contributed by atoms with Gasteiger partial charge in [-0.05, 0) is 29.8 Å². The molecule has 134 valence electrons. The van der Waals surface area contributed by atoms with E-state index in [0.29, 0.717) is 17.5 Å². The third kappa shape index (κ3) is 5.21. The molecular formula is C16H13F3O5S. The molecule has 2 aromatic carbocycles. The molecular weight excluding hydrogens is 361 g/mol. The number of rotatable bonds is 6. The van der Waals surface area contributed by atoms with Crippen LogP contribution in [0.5, 0.6) is 5.75 Å². The van der Waals surface area contributed by atoms with Crippen LogP contribution in [0.15, 0.2) is 54.6 Å². The van der Waals surface area contributed by atoms with Crippen LogP contribution in [0.2, 0.25) is 0 Å². The average molecular weight is 374 g/mol. The van der Waals surface area contributed by atoms with Crippen molar-refractivity contribution in [2.45, 2.75) is 11.9 Å². The van der Waals surface area contributed by atoms with Crippen molar-refractivity contribution in [3.05, 3.63) is 65.7 Å². The van der Waals surface area contributed by atoms with Crippen molar-refractivity contribution in [1.29, 1.82) is 0 Å². The third-order valence-electron chi connectivity index (χ3n) is 3.05. The first-order valence-electron chi connectivity index (χ1n) is 7.01. The van der Waals surface area contributed by atoms with Crippen molar-refractivity contribution in [3.63, 3.8) is 0 Å². The molecule has 0 saturated heterocycles. The monoisotopic (exact) mass is 374 g/mol. The van der Waals surface area contributed by atoms with Gasteiger partial charge in [0, 0.05) is 6.42 Å². The summed E-state index contributed by atoms with van der Waals surface area (Å²) in [5.41, 5.74) is -4.45. The lowest BCUT2D eigenvalue weighted by molar-refractivity contribution is -0.0500. The van der Waals surface area contributed by atoms with E-state index in [1.165, 1.54) is 12.1 Å². The molecule has 0 spiro atoms. The molecule has 2 rings (SSSR count). The summed E-state index contributed by atoms with van der Waals surface area (Å²) in [7, 11) is -5.69. The van der Waals surface area contributed by atoms with Crippen molar-refractivity contribution in [2.75, 3.05) is 6.61 Å². The molecule has 0 bridgehead atoms. The Labute approximate surface area is 142 Å². The van der Waals surface area contributed by atoms with Crippen LogP contribution in [0.3, 0.4) is 0 Å². The molecule has 0 unspecified atom stereocenters. The summed E-state index contributed by atoms with van der Waals surface area (Å²) in [6, 6.07) is 13.3. The van der Waals surface area contributed by atoms with Crippen molar-refractivity contribution in [1.82, 2.24) is 0 Å². The molecule has 0 saturated carbocycles. The first-order chi connectivity index (χ1) is 11.7.